The number of rotatable bonds is 7. The van der Waals surface area contributed by atoms with Gasteiger partial charge in [-0.15, -0.1) is 15.7 Å². The van der Waals surface area contributed by atoms with Gasteiger partial charge in [-0.25, -0.2) is 0 Å². The minimum atomic E-state index is -3.77. The molecule has 27 heavy (non-hydrogen) atoms. The van der Waals surface area contributed by atoms with Gasteiger partial charge in [0.15, 0.2) is 0 Å². The van der Waals surface area contributed by atoms with Crippen LogP contribution in [-0.2, 0) is 21.3 Å². The van der Waals surface area contributed by atoms with Crippen molar-refractivity contribution in [3.63, 3.8) is 0 Å². The normalized spacial score (nSPS) is 12.4. The molecule has 0 spiro atoms. The fourth-order valence-electron chi connectivity index (χ4n) is 2.59. The van der Waals surface area contributed by atoms with Crippen molar-refractivity contribution >= 4 is 37.3 Å². The highest BCUT2D eigenvalue weighted by atomic mass is 79.9. The first-order valence-electron chi connectivity index (χ1n) is 8.30. The first kappa shape index (κ1) is 20.0. The van der Waals surface area contributed by atoms with E-state index in [1.54, 1.807) is 37.4 Å². The molecule has 0 saturated heterocycles. The molecule has 2 aromatic carbocycles. The van der Waals surface area contributed by atoms with E-state index in [4.69, 9.17) is 4.74 Å². The third-order valence-corrected chi connectivity index (χ3v) is 6.70. The zero-order valence-electron chi connectivity index (χ0n) is 14.7. The van der Waals surface area contributed by atoms with E-state index in [0.29, 0.717) is 18.0 Å². The molecule has 8 heteroatoms. The van der Waals surface area contributed by atoms with Gasteiger partial charge in [-0.3, -0.25) is 0 Å². The Morgan fingerprint density at radius 2 is 1.81 bits per heavy atom. The van der Waals surface area contributed by atoms with Crippen LogP contribution in [0.3, 0.4) is 0 Å². The number of nitrogens with zero attached hydrogens (tertiary/aromatic N) is 2. The summed E-state index contributed by atoms with van der Waals surface area (Å²) in [6, 6.07) is 16.2. The predicted molar refractivity (Wildman–Crippen MR) is 111 cm³/mol. The minimum Gasteiger partial charge on any atom is -0.385 e. The van der Waals surface area contributed by atoms with Crippen molar-refractivity contribution in [1.29, 1.82) is 0 Å². The molecule has 0 N–H and O–H groups in total. The topological polar surface area (TPSA) is 60.7 Å². The second-order valence-corrected chi connectivity index (χ2v) is 9.14. The molecule has 0 bridgehead atoms. The Bertz CT molecular complexity index is 1060. The molecule has 0 unspecified atom stereocenters. The summed E-state index contributed by atoms with van der Waals surface area (Å²) >= 11 is 4.76. The number of aromatic nitrogens is 1. The van der Waals surface area contributed by atoms with Crippen LogP contribution in [0.15, 0.2) is 73.7 Å². The van der Waals surface area contributed by atoms with Gasteiger partial charge in [0.25, 0.3) is 10.0 Å². The fraction of sp³-hybridized carbons (Fsp3) is 0.211. The number of sulfonamides is 1. The average molecular weight is 467 g/mol. The van der Waals surface area contributed by atoms with Crippen molar-refractivity contribution < 1.29 is 13.2 Å². The molecule has 0 aliphatic rings. The van der Waals surface area contributed by atoms with Crippen LogP contribution < -0.4 is 4.80 Å². The van der Waals surface area contributed by atoms with Crippen LogP contribution in [-0.4, -0.2) is 26.7 Å². The summed E-state index contributed by atoms with van der Waals surface area (Å²) in [5.74, 6) is 0. The standard InChI is InChI=1S/C19H19BrN2O3S2/c1-25-13-5-12-22-18(15-8-10-16(20)11-9-15)14-26-19(22)21-27(23,24)17-6-3-2-4-7-17/h2-4,6-11,14H,5,12-13H2,1H3/b21-19-. The van der Waals surface area contributed by atoms with Crippen molar-refractivity contribution in [1.82, 2.24) is 4.57 Å². The van der Waals surface area contributed by atoms with Gasteiger partial charge in [-0.1, -0.05) is 46.3 Å². The van der Waals surface area contributed by atoms with Gasteiger partial charge in [0.05, 0.1) is 10.6 Å². The Balaban J connectivity index is 2.08. The summed E-state index contributed by atoms with van der Waals surface area (Å²) in [6.07, 6.45) is 0.759. The van der Waals surface area contributed by atoms with Crippen molar-refractivity contribution in [3.8, 4) is 11.3 Å². The molecule has 0 amide bonds. The van der Waals surface area contributed by atoms with Crippen molar-refractivity contribution in [3.05, 3.63) is 69.3 Å². The Kier molecular flexibility index (Phi) is 6.64. The summed E-state index contributed by atoms with van der Waals surface area (Å²) in [7, 11) is -2.11. The van der Waals surface area contributed by atoms with E-state index in [9.17, 15) is 8.42 Å². The number of thiazole rings is 1. The Morgan fingerprint density at radius 3 is 2.48 bits per heavy atom. The van der Waals surface area contributed by atoms with Crippen LogP contribution in [0.2, 0.25) is 0 Å². The third-order valence-electron chi connectivity index (χ3n) is 3.91. The smallest absolute Gasteiger partial charge is 0.285 e. The lowest BCUT2D eigenvalue weighted by Crippen LogP contribution is -2.19. The second-order valence-electron chi connectivity index (χ2n) is 5.79. The zero-order valence-corrected chi connectivity index (χ0v) is 17.9. The molecule has 0 aliphatic heterocycles. The summed E-state index contributed by atoms with van der Waals surface area (Å²) < 4.78 is 37.5. The molecular formula is C19H19BrN2O3S2. The quantitative estimate of drug-likeness (QED) is 0.487. The van der Waals surface area contributed by atoms with Crippen LogP contribution in [0.4, 0.5) is 0 Å². The number of hydrogen-bond acceptors (Lipinski definition) is 4. The molecule has 142 valence electrons. The van der Waals surface area contributed by atoms with Gasteiger partial charge < -0.3 is 9.30 Å². The Labute approximate surface area is 171 Å². The molecule has 0 fully saturated rings. The zero-order chi connectivity index (χ0) is 19.3. The molecule has 0 radical (unpaired) electrons. The highest BCUT2D eigenvalue weighted by molar-refractivity contribution is 9.10. The number of hydrogen-bond donors (Lipinski definition) is 0. The second kappa shape index (κ2) is 8.97. The number of halogens is 1. The van der Waals surface area contributed by atoms with Crippen LogP contribution in [0.1, 0.15) is 6.42 Å². The maximum Gasteiger partial charge on any atom is 0.285 e. The molecule has 1 heterocycles. The summed E-state index contributed by atoms with van der Waals surface area (Å²) in [4.78, 5) is 0.639. The van der Waals surface area contributed by atoms with E-state index in [2.05, 4.69) is 20.3 Å². The van der Waals surface area contributed by atoms with Crippen molar-refractivity contribution in [2.24, 2.45) is 4.40 Å². The van der Waals surface area contributed by atoms with E-state index in [1.165, 1.54) is 11.3 Å². The van der Waals surface area contributed by atoms with E-state index in [0.717, 1.165) is 22.2 Å². The molecule has 3 aromatic rings. The fourth-order valence-corrected chi connectivity index (χ4v) is 5.02. The highest BCUT2D eigenvalue weighted by Crippen LogP contribution is 2.23. The molecule has 3 rings (SSSR count). The molecule has 0 atom stereocenters. The van der Waals surface area contributed by atoms with Crippen molar-refractivity contribution in [2.75, 3.05) is 13.7 Å². The van der Waals surface area contributed by atoms with Gasteiger partial charge in [-0.2, -0.15) is 8.42 Å². The first-order chi connectivity index (χ1) is 13.0. The molecule has 0 aliphatic carbocycles. The van der Waals surface area contributed by atoms with Crippen LogP contribution >= 0.6 is 27.3 Å². The number of ether oxygens (including phenoxy) is 1. The van der Waals surface area contributed by atoms with Crippen LogP contribution in [0.25, 0.3) is 11.3 Å². The van der Waals surface area contributed by atoms with Gasteiger partial charge >= 0.3 is 0 Å². The molecule has 5 nitrogen and oxygen atoms in total. The molecule has 1 aromatic heterocycles. The van der Waals surface area contributed by atoms with Crippen molar-refractivity contribution in [2.45, 2.75) is 17.9 Å². The lowest BCUT2D eigenvalue weighted by Gasteiger charge is -2.09. The van der Waals surface area contributed by atoms with Gasteiger partial charge in [0.1, 0.15) is 0 Å². The first-order valence-corrected chi connectivity index (χ1v) is 11.4. The van der Waals surface area contributed by atoms with E-state index >= 15 is 0 Å². The monoisotopic (exact) mass is 466 g/mol. The minimum absolute atomic E-state index is 0.187. The SMILES string of the molecule is COCCCn1c(-c2ccc(Br)cc2)cs/c1=N\S(=O)(=O)c1ccccc1. The predicted octanol–water partition coefficient (Wildman–Crippen LogP) is 4.31. The maximum absolute atomic E-state index is 12.7. The number of methoxy groups -OCH3 is 1. The van der Waals surface area contributed by atoms with Gasteiger partial charge in [0.2, 0.25) is 4.80 Å². The Hall–Kier alpha value is -1.74. The van der Waals surface area contributed by atoms with Gasteiger partial charge in [0, 0.05) is 30.1 Å². The maximum atomic E-state index is 12.7. The summed E-state index contributed by atoms with van der Waals surface area (Å²) in [5, 5.41) is 1.94. The molecular weight excluding hydrogens is 448 g/mol. The van der Waals surface area contributed by atoms with E-state index in [1.807, 2.05) is 34.2 Å². The van der Waals surface area contributed by atoms with Crippen LogP contribution in [0, 0.1) is 0 Å². The average Bonchev–Trinajstić information content (AvgIpc) is 3.05. The summed E-state index contributed by atoms with van der Waals surface area (Å²) in [6.45, 7) is 1.21. The highest BCUT2D eigenvalue weighted by Gasteiger charge is 2.14. The van der Waals surface area contributed by atoms with E-state index in [-0.39, 0.29) is 4.90 Å². The third kappa shape index (κ3) is 4.95. The lowest BCUT2D eigenvalue weighted by molar-refractivity contribution is 0.190. The lowest BCUT2D eigenvalue weighted by atomic mass is 10.2. The van der Waals surface area contributed by atoms with Crippen LogP contribution in [0.5, 0.6) is 0 Å². The summed E-state index contributed by atoms with van der Waals surface area (Å²) in [5.41, 5.74) is 1.94. The van der Waals surface area contributed by atoms with Gasteiger partial charge in [-0.05, 0) is 36.2 Å². The Morgan fingerprint density at radius 1 is 1.11 bits per heavy atom. The largest absolute Gasteiger partial charge is 0.385 e. The molecule has 0 saturated carbocycles. The van der Waals surface area contributed by atoms with E-state index < -0.39 is 10.0 Å². The number of benzene rings is 2.